The van der Waals surface area contributed by atoms with Crippen LogP contribution in [0, 0.1) is 23.0 Å². The van der Waals surface area contributed by atoms with Crippen LogP contribution in [-0.4, -0.2) is 99.9 Å². The highest BCUT2D eigenvalue weighted by molar-refractivity contribution is 6.01. The number of benzene rings is 2. The van der Waals surface area contributed by atoms with Crippen molar-refractivity contribution in [3.8, 4) is 23.0 Å². The normalized spacial score (nSPS) is 30.4. The Hall–Kier alpha value is -3.71. The second-order valence-electron chi connectivity index (χ2n) is 16.4. The Balaban J connectivity index is 1.12. The Morgan fingerprint density at radius 1 is 1.10 bits per heavy atom. The molecule has 10 rings (SSSR count). The molecule has 3 atom stereocenters. The molecule has 6 heterocycles. The maximum Gasteiger partial charge on any atom is 0.319 e. The van der Waals surface area contributed by atoms with Gasteiger partial charge in [-0.05, 0) is 98.9 Å². The minimum atomic E-state index is -1.17. The maximum absolute atomic E-state index is 17.1. The van der Waals surface area contributed by atoms with Gasteiger partial charge in [0.05, 0.1) is 44.0 Å². The lowest BCUT2D eigenvalue weighted by molar-refractivity contribution is -0.0725. The summed E-state index contributed by atoms with van der Waals surface area (Å²) in [6.45, 7) is 7.98. The molecule has 2 N–H and O–H groups in total. The lowest BCUT2D eigenvalue weighted by Gasteiger charge is -2.50. The highest BCUT2D eigenvalue weighted by Crippen LogP contribution is 2.53. The molecular formula is C40H47F2N5O5. The lowest BCUT2D eigenvalue weighted by atomic mass is 9.71. The minimum Gasteiger partial charge on any atom is -0.508 e. The zero-order chi connectivity index (χ0) is 35.8. The van der Waals surface area contributed by atoms with Crippen molar-refractivity contribution in [2.75, 3.05) is 57.5 Å². The summed E-state index contributed by atoms with van der Waals surface area (Å²) >= 11 is 0. The summed E-state index contributed by atoms with van der Waals surface area (Å²) < 4.78 is 50.8. The topological polar surface area (TPSA) is 113 Å². The first-order chi connectivity index (χ1) is 25.1. The highest BCUT2D eigenvalue weighted by Gasteiger charge is 2.56. The number of ether oxygens (including phenoxy) is 3. The number of aryl methyl sites for hydroxylation is 1. The van der Waals surface area contributed by atoms with Gasteiger partial charge in [0.15, 0.2) is 5.82 Å². The Morgan fingerprint density at radius 2 is 1.94 bits per heavy atom. The van der Waals surface area contributed by atoms with Crippen LogP contribution < -0.4 is 9.64 Å². The fourth-order valence-electron chi connectivity index (χ4n) is 10.2. The molecule has 2 aromatic heterocycles. The first-order valence-electron chi connectivity index (χ1n) is 18.9. The number of hydrogen-bond acceptors (Lipinski definition) is 10. The minimum absolute atomic E-state index is 0.00325. The van der Waals surface area contributed by atoms with Crippen LogP contribution in [0.1, 0.15) is 64.4 Å². The summed E-state index contributed by atoms with van der Waals surface area (Å²) in [5.74, 6) is -0.0979. The number of piperidine rings is 1. The Kier molecular flexibility index (Phi) is 8.33. The van der Waals surface area contributed by atoms with E-state index in [0.29, 0.717) is 59.8 Å². The van der Waals surface area contributed by atoms with Crippen LogP contribution in [0.15, 0.2) is 30.5 Å². The van der Waals surface area contributed by atoms with Crippen LogP contribution in [0.4, 0.5) is 14.6 Å². The molecule has 4 aliphatic heterocycles. The van der Waals surface area contributed by atoms with Gasteiger partial charge in [-0.3, -0.25) is 9.88 Å². The molecular weight excluding hydrogens is 668 g/mol. The standard InChI is InChI=1S/C40H47F2N5O5/c1-3-27-30(41)8-7-25-14-26(48)15-28(32(25)27)34-33(42)35-29(18-43-34)36(47-12-13-50-22-38(2,49)20-47)45-37(44-35)51-23-39-9-4-6-31(39)46(11-5-10-39)21-40-16-24(17-40)19-52-40/h7-8,14-15,18,24,31,48-49H,3-6,9-13,16-17,19-23H2,1-2H3. The van der Waals surface area contributed by atoms with E-state index in [1.54, 1.807) is 19.1 Å². The summed E-state index contributed by atoms with van der Waals surface area (Å²) in [5, 5.41) is 23.2. The van der Waals surface area contributed by atoms with E-state index in [4.69, 9.17) is 24.2 Å². The average molecular weight is 716 g/mol. The van der Waals surface area contributed by atoms with E-state index in [-0.39, 0.29) is 52.7 Å². The molecule has 10 nitrogen and oxygen atoms in total. The van der Waals surface area contributed by atoms with E-state index < -0.39 is 17.2 Å². The molecule has 0 amide bonds. The third-order valence-corrected chi connectivity index (χ3v) is 12.5. The third-order valence-electron chi connectivity index (χ3n) is 12.5. The molecule has 0 spiro atoms. The largest absolute Gasteiger partial charge is 0.508 e. The summed E-state index contributed by atoms with van der Waals surface area (Å²) in [6.07, 6.45) is 9.61. The molecule has 2 saturated carbocycles. The summed E-state index contributed by atoms with van der Waals surface area (Å²) in [6, 6.07) is 6.34. The van der Waals surface area contributed by atoms with Gasteiger partial charge in [0.2, 0.25) is 0 Å². The fourth-order valence-corrected chi connectivity index (χ4v) is 10.2. The van der Waals surface area contributed by atoms with Crippen LogP contribution in [0.3, 0.4) is 0 Å². The van der Waals surface area contributed by atoms with Crippen LogP contribution in [0.25, 0.3) is 32.9 Å². The van der Waals surface area contributed by atoms with Gasteiger partial charge in [0, 0.05) is 36.3 Å². The second-order valence-corrected chi connectivity index (χ2v) is 16.4. The van der Waals surface area contributed by atoms with Crippen molar-refractivity contribution >= 4 is 27.5 Å². The van der Waals surface area contributed by atoms with Gasteiger partial charge in [-0.25, -0.2) is 8.78 Å². The van der Waals surface area contributed by atoms with Gasteiger partial charge < -0.3 is 29.3 Å². The van der Waals surface area contributed by atoms with E-state index in [1.807, 2.05) is 11.8 Å². The molecule has 4 saturated heterocycles. The zero-order valence-electron chi connectivity index (χ0n) is 30.0. The zero-order valence-corrected chi connectivity index (χ0v) is 30.0. The predicted octanol–water partition coefficient (Wildman–Crippen LogP) is 6.17. The highest BCUT2D eigenvalue weighted by atomic mass is 19.1. The lowest BCUT2D eigenvalue weighted by Crippen LogP contribution is -2.57. The number of aliphatic hydroxyl groups is 1. The van der Waals surface area contributed by atoms with E-state index >= 15 is 8.78 Å². The van der Waals surface area contributed by atoms with Crippen molar-refractivity contribution < 1.29 is 33.2 Å². The number of phenols is 1. The van der Waals surface area contributed by atoms with Crippen LogP contribution >= 0.6 is 0 Å². The Bertz CT molecular complexity index is 2030. The SMILES string of the molecule is CCc1c(F)ccc2cc(O)cc(-c3ncc4c(N5CCOCC(C)(O)C5)nc(OCC56CCCC5N(CC57CC(CO5)C7)CCC6)nc4c3F)c12. The quantitative estimate of drug-likeness (QED) is 0.220. The van der Waals surface area contributed by atoms with Gasteiger partial charge in [0.1, 0.15) is 34.2 Å². The van der Waals surface area contributed by atoms with Gasteiger partial charge in [-0.2, -0.15) is 9.97 Å². The molecule has 2 aliphatic carbocycles. The monoisotopic (exact) mass is 715 g/mol. The third kappa shape index (κ3) is 5.77. The van der Waals surface area contributed by atoms with Crippen LogP contribution in [0.5, 0.6) is 11.8 Å². The van der Waals surface area contributed by atoms with Crippen LogP contribution in [-0.2, 0) is 15.9 Å². The number of likely N-dealkylation sites (tertiary alicyclic amines) is 1. The summed E-state index contributed by atoms with van der Waals surface area (Å²) in [5.41, 5.74) is -0.596. The summed E-state index contributed by atoms with van der Waals surface area (Å²) in [4.78, 5) is 18.7. The Labute approximate surface area is 302 Å². The number of phenolic OH excluding ortho intramolecular Hbond substituents is 1. The number of rotatable bonds is 8. The molecule has 6 aliphatic rings. The number of hydrogen-bond donors (Lipinski definition) is 2. The van der Waals surface area contributed by atoms with Gasteiger partial charge in [-0.15, -0.1) is 0 Å². The number of β-amino-alcohol motifs (C(OH)–C–C–N with tert-alkyl or cyclic N) is 1. The number of aromatic hydroxyl groups is 1. The molecule has 52 heavy (non-hydrogen) atoms. The van der Waals surface area contributed by atoms with Crippen molar-refractivity contribution in [2.45, 2.75) is 82.5 Å². The van der Waals surface area contributed by atoms with Crippen LogP contribution in [0.2, 0.25) is 0 Å². The van der Waals surface area contributed by atoms with Crippen molar-refractivity contribution in [1.82, 2.24) is 19.9 Å². The van der Waals surface area contributed by atoms with Crippen molar-refractivity contribution in [1.29, 1.82) is 0 Å². The van der Waals surface area contributed by atoms with Gasteiger partial charge in [0.25, 0.3) is 0 Å². The molecule has 276 valence electrons. The fraction of sp³-hybridized carbons (Fsp3) is 0.575. The number of pyridine rings is 1. The smallest absolute Gasteiger partial charge is 0.319 e. The molecule has 3 unspecified atom stereocenters. The number of halogens is 2. The second kappa shape index (κ2) is 12.7. The van der Waals surface area contributed by atoms with Crippen molar-refractivity contribution in [3.05, 3.63) is 47.7 Å². The number of fused-ring (bicyclic) bond motifs is 4. The average Bonchev–Trinajstić information content (AvgIpc) is 3.81. The van der Waals surface area contributed by atoms with E-state index in [9.17, 15) is 10.2 Å². The van der Waals surface area contributed by atoms with E-state index in [2.05, 4.69) is 9.88 Å². The van der Waals surface area contributed by atoms with Gasteiger partial charge >= 0.3 is 6.01 Å². The molecule has 4 aromatic rings. The van der Waals surface area contributed by atoms with Crippen molar-refractivity contribution in [2.24, 2.45) is 11.3 Å². The van der Waals surface area contributed by atoms with Crippen molar-refractivity contribution in [3.63, 3.8) is 0 Å². The molecule has 6 fully saturated rings. The van der Waals surface area contributed by atoms with E-state index in [1.165, 1.54) is 18.3 Å². The first-order valence-corrected chi connectivity index (χ1v) is 18.9. The van der Waals surface area contributed by atoms with Gasteiger partial charge in [-0.1, -0.05) is 19.4 Å². The number of nitrogens with zero attached hydrogens (tertiary/aromatic N) is 5. The number of aromatic nitrogens is 3. The molecule has 2 aromatic carbocycles. The molecule has 2 bridgehead atoms. The Morgan fingerprint density at radius 3 is 2.75 bits per heavy atom. The maximum atomic E-state index is 17.1. The first kappa shape index (κ1) is 34.1. The molecule has 0 radical (unpaired) electrons. The van der Waals surface area contributed by atoms with E-state index in [0.717, 1.165) is 70.6 Å². The number of anilines is 1. The molecule has 12 heteroatoms. The summed E-state index contributed by atoms with van der Waals surface area (Å²) in [7, 11) is 0. The predicted molar refractivity (Wildman–Crippen MR) is 193 cm³/mol.